The largest absolute Gasteiger partial charge is 0.480 e. The number of amides is 1. The lowest BCUT2D eigenvalue weighted by Gasteiger charge is -2.30. The van der Waals surface area contributed by atoms with Crippen molar-refractivity contribution in [3.05, 3.63) is 82.3 Å². The summed E-state index contributed by atoms with van der Waals surface area (Å²) in [5, 5.41) is 0. The van der Waals surface area contributed by atoms with Gasteiger partial charge in [0, 0.05) is 11.6 Å². The molecule has 1 amide bonds. The van der Waals surface area contributed by atoms with E-state index in [9.17, 15) is 4.79 Å². The summed E-state index contributed by atoms with van der Waals surface area (Å²) < 4.78 is 7.05. The van der Waals surface area contributed by atoms with Crippen LogP contribution in [-0.2, 0) is 4.79 Å². The molecule has 2 aromatic carbocycles. The number of hydrogen-bond donors (Lipinski definition) is 0. The Hall–Kier alpha value is -2.37. The SMILES string of the molecule is O=C1/C(=C/C2=Cc3ccccc3OC2c2ccccc2)SC(=S)N1C1CCCCC1. The zero-order chi connectivity index (χ0) is 20.5. The van der Waals surface area contributed by atoms with E-state index in [-0.39, 0.29) is 18.1 Å². The first-order valence-electron chi connectivity index (χ1n) is 10.5. The van der Waals surface area contributed by atoms with Gasteiger partial charge in [-0.15, -0.1) is 0 Å². The standard InChI is InChI=1S/C25H23NO2S2/c27-24-22(30-25(29)26(24)20-12-5-2-6-13-20)16-19-15-18-11-7-8-14-21(18)28-23(19)17-9-3-1-4-10-17/h1,3-4,7-11,14-16,20,23H,2,5-6,12-13H2/b22-16-. The van der Waals surface area contributed by atoms with Gasteiger partial charge >= 0.3 is 0 Å². The van der Waals surface area contributed by atoms with Gasteiger partial charge in [0.15, 0.2) is 0 Å². The van der Waals surface area contributed by atoms with Gasteiger partial charge in [-0.05, 0) is 42.2 Å². The molecule has 0 bridgehead atoms. The molecule has 3 aliphatic rings. The summed E-state index contributed by atoms with van der Waals surface area (Å²) in [6.45, 7) is 0. The molecule has 30 heavy (non-hydrogen) atoms. The molecule has 2 aliphatic heterocycles. The van der Waals surface area contributed by atoms with Crippen LogP contribution in [0.1, 0.15) is 49.3 Å². The molecule has 1 saturated heterocycles. The van der Waals surface area contributed by atoms with Crippen LogP contribution in [0.3, 0.4) is 0 Å². The van der Waals surface area contributed by atoms with E-state index in [2.05, 4.69) is 18.2 Å². The van der Waals surface area contributed by atoms with Gasteiger partial charge < -0.3 is 4.74 Å². The Balaban J connectivity index is 1.50. The topological polar surface area (TPSA) is 29.5 Å². The molecule has 2 aromatic rings. The van der Waals surface area contributed by atoms with Crippen LogP contribution in [0.2, 0.25) is 0 Å². The van der Waals surface area contributed by atoms with Crippen molar-refractivity contribution in [2.24, 2.45) is 0 Å². The number of ether oxygens (including phenoxy) is 1. The first-order chi connectivity index (χ1) is 14.7. The maximum atomic E-state index is 13.3. The number of rotatable bonds is 3. The number of thioether (sulfide) groups is 1. The van der Waals surface area contributed by atoms with E-state index in [1.54, 1.807) is 0 Å². The number of hydrogen-bond acceptors (Lipinski definition) is 4. The molecule has 0 radical (unpaired) electrons. The van der Waals surface area contributed by atoms with Gasteiger partial charge in [0.25, 0.3) is 5.91 Å². The number of thiocarbonyl (C=S) groups is 1. The molecule has 1 aliphatic carbocycles. The number of benzene rings is 2. The Bertz CT molecular complexity index is 1040. The lowest BCUT2D eigenvalue weighted by Crippen LogP contribution is -2.39. The molecule has 1 saturated carbocycles. The number of nitrogens with zero attached hydrogens (tertiary/aromatic N) is 1. The highest BCUT2D eigenvalue weighted by molar-refractivity contribution is 8.26. The molecule has 2 heterocycles. The highest BCUT2D eigenvalue weighted by atomic mass is 32.2. The summed E-state index contributed by atoms with van der Waals surface area (Å²) in [4.78, 5) is 15.8. The average Bonchev–Trinajstić information content (AvgIpc) is 3.07. The Morgan fingerprint density at radius 1 is 1.00 bits per heavy atom. The van der Waals surface area contributed by atoms with E-state index >= 15 is 0 Å². The number of para-hydroxylation sites is 1. The van der Waals surface area contributed by atoms with Gasteiger partial charge in [0.05, 0.1) is 4.91 Å². The fourth-order valence-electron chi connectivity index (χ4n) is 4.45. The molecule has 0 N–H and O–H groups in total. The molecular formula is C25H23NO2S2. The molecule has 0 spiro atoms. The van der Waals surface area contributed by atoms with Crippen molar-refractivity contribution in [2.45, 2.75) is 44.2 Å². The van der Waals surface area contributed by atoms with Crippen molar-refractivity contribution < 1.29 is 9.53 Å². The summed E-state index contributed by atoms with van der Waals surface area (Å²) in [5.41, 5.74) is 3.07. The minimum atomic E-state index is -0.251. The van der Waals surface area contributed by atoms with Crippen LogP contribution in [0.15, 0.2) is 71.2 Å². The highest BCUT2D eigenvalue weighted by Gasteiger charge is 2.38. The van der Waals surface area contributed by atoms with Gasteiger partial charge in [0.1, 0.15) is 16.2 Å². The highest BCUT2D eigenvalue weighted by Crippen LogP contribution is 2.42. The Kier molecular flexibility index (Phi) is 5.48. The molecule has 5 rings (SSSR count). The second-order valence-corrected chi connectivity index (χ2v) is 9.61. The lowest BCUT2D eigenvalue weighted by molar-refractivity contribution is -0.124. The fourth-order valence-corrected chi connectivity index (χ4v) is 5.85. The Labute approximate surface area is 186 Å². The van der Waals surface area contributed by atoms with Crippen LogP contribution in [-0.4, -0.2) is 21.2 Å². The van der Waals surface area contributed by atoms with Crippen LogP contribution in [0.5, 0.6) is 5.75 Å². The monoisotopic (exact) mass is 433 g/mol. The van der Waals surface area contributed by atoms with Crippen LogP contribution < -0.4 is 4.74 Å². The molecule has 1 atom stereocenters. The number of carbonyl (C=O) groups is 1. The first-order valence-corrected chi connectivity index (χ1v) is 11.7. The summed E-state index contributed by atoms with van der Waals surface area (Å²) in [7, 11) is 0. The third kappa shape index (κ3) is 3.72. The normalized spacial score (nSPS) is 23.3. The van der Waals surface area contributed by atoms with E-state index in [0.29, 0.717) is 9.23 Å². The summed E-state index contributed by atoms with van der Waals surface area (Å²) in [5.74, 6) is 0.904. The molecule has 152 valence electrons. The third-order valence-electron chi connectivity index (χ3n) is 5.95. The zero-order valence-electron chi connectivity index (χ0n) is 16.6. The van der Waals surface area contributed by atoms with E-state index in [4.69, 9.17) is 17.0 Å². The van der Waals surface area contributed by atoms with E-state index in [1.807, 2.05) is 53.4 Å². The Morgan fingerprint density at radius 3 is 2.53 bits per heavy atom. The van der Waals surface area contributed by atoms with E-state index < -0.39 is 0 Å². The maximum Gasteiger partial charge on any atom is 0.266 e. The van der Waals surface area contributed by atoms with Crippen molar-refractivity contribution in [3.63, 3.8) is 0 Å². The van der Waals surface area contributed by atoms with Gasteiger partial charge in [0.2, 0.25) is 0 Å². The van der Waals surface area contributed by atoms with Gasteiger partial charge in [-0.2, -0.15) is 0 Å². The summed E-state index contributed by atoms with van der Waals surface area (Å²) in [6.07, 6.45) is 9.55. The molecular weight excluding hydrogens is 410 g/mol. The molecule has 5 heteroatoms. The summed E-state index contributed by atoms with van der Waals surface area (Å²) >= 11 is 7.03. The van der Waals surface area contributed by atoms with Crippen molar-refractivity contribution in [3.8, 4) is 5.75 Å². The number of carbonyl (C=O) groups excluding carboxylic acids is 1. The quantitative estimate of drug-likeness (QED) is 0.421. The van der Waals surface area contributed by atoms with Crippen molar-refractivity contribution in [1.82, 2.24) is 4.90 Å². The van der Waals surface area contributed by atoms with Crippen molar-refractivity contribution in [1.29, 1.82) is 0 Å². The average molecular weight is 434 g/mol. The smallest absolute Gasteiger partial charge is 0.266 e. The first kappa shape index (κ1) is 19.6. The summed E-state index contributed by atoms with van der Waals surface area (Å²) in [6, 6.07) is 18.4. The Morgan fingerprint density at radius 2 is 1.73 bits per heavy atom. The van der Waals surface area contributed by atoms with Gasteiger partial charge in [-0.25, -0.2) is 0 Å². The molecule has 0 aromatic heterocycles. The van der Waals surface area contributed by atoms with Crippen LogP contribution in [0.4, 0.5) is 0 Å². The van der Waals surface area contributed by atoms with Gasteiger partial charge in [-0.3, -0.25) is 9.69 Å². The van der Waals surface area contributed by atoms with Crippen LogP contribution in [0, 0.1) is 0 Å². The minimum absolute atomic E-state index is 0.0449. The van der Waals surface area contributed by atoms with Crippen LogP contribution in [0.25, 0.3) is 6.08 Å². The van der Waals surface area contributed by atoms with Crippen molar-refractivity contribution >= 4 is 40.3 Å². The predicted octanol–water partition coefficient (Wildman–Crippen LogP) is 6.28. The molecule has 3 nitrogen and oxygen atoms in total. The second-order valence-electron chi connectivity index (χ2n) is 7.93. The second kappa shape index (κ2) is 8.40. The lowest BCUT2D eigenvalue weighted by atomic mass is 9.94. The maximum absolute atomic E-state index is 13.3. The number of fused-ring (bicyclic) bond motifs is 1. The minimum Gasteiger partial charge on any atom is -0.480 e. The van der Waals surface area contributed by atoms with E-state index in [1.165, 1.54) is 31.0 Å². The molecule has 2 fully saturated rings. The van der Waals surface area contributed by atoms with Crippen LogP contribution >= 0.6 is 24.0 Å². The fraction of sp³-hybridized carbons (Fsp3) is 0.280. The predicted molar refractivity (Wildman–Crippen MR) is 126 cm³/mol. The molecule has 1 unspecified atom stereocenters. The third-order valence-corrected chi connectivity index (χ3v) is 7.28. The van der Waals surface area contributed by atoms with Crippen molar-refractivity contribution in [2.75, 3.05) is 0 Å². The zero-order valence-corrected chi connectivity index (χ0v) is 18.3. The van der Waals surface area contributed by atoms with E-state index in [0.717, 1.165) is 35.3 Å². The van der Waals surface area contributed by atoms with Gasteiger partial charge in [-0.1, -0.05) is 91.8 Å².